The SMILES string of the molecule is COc1cccc(-c2cc3nc(CCN)cn3cn2)c1. The van der Waals surface area contributed by atoms with Crippen LogP contribution in [-0.2, 0) is 6.42 Å². The third-order valence-electron chi connectivity index (χ3n) is 3.16. The fraction of sp³-hybridized carbons (Fsp3) is 0.200. The molecule has 2 N–H and O–H groups in total. The molecule has 0 unspecified atom stereocenters. The molecule has 0 aliphatic rings. The molecular weight excluding hydrogens is 252 g/mol. The number of ether oxygens (including phenoxy) is 1. The maximum Gasteiger partial charge on any atom is 0.140 e. The summed E-state index contributed by atoms with van der Waals surface area (Å²) < 4.78 is 7.15. The lowest BCUT2D eigenvalue weighted by Gasteiger charge is -2.04. The highest BCUT2D eigenvalue weighted by Gasteiger charge is 2.05. The largest absolute Gasteiger partial charge is 0.497 e. The summed E-state index contributed by atoms with van der Waals surface area (Å²) in [6.45, 7) is 0.597. The van der Waals surface area contributed by atoms with Crippen LogP contribution in [0.15, 0.2) is 42.9 Å². The van der Waals surface area contributed by atoms with E-state index in [2.05, 4.69) is 9.97 Å². The maximum absolute atomic E-state index is 5.56. The molecule has 0 fully saturated rings. The zero-order valence-corrected chi connectivity index (χ0v) is 11.3. The zero-order chi connectivity index (χ0) is 13.9. The minimum Gasteiger partial charge on any atom is -0.497 e. The van der Waals surface area contributed by atoms with Gasteiger partial charge in [-0.25, -0.2) is 9.97 Å². The number of hydrogen-bond donors (Lipinski definition) is 1. The topological polar surface area (TPSA) is 65.4 Å². The molecule has 0 bridgehead atoms. The van der Waals surface area contributed by atoms with Gasteiger partial charge in [-0.05, 0) is 18.7 Å². The van der Waals surface area contributed by atoms with Gasteiger partial charge in [0, 0.05) is 24.2 Å². The first-order valence-corrected chi connectivity index (χ1v) is 6.48. The van der Waals surface area contributed by atoms with Crippen LogP contribution < -0.4 is 10.5 Å². The van der Waals surface area contributed by atoms with E-state index >= 15 is 0 Å². The van der Waals surface area contributed by atoms with E-state index in [1.807, 2.05) is 40.9 Å². The van der Waals surface area contributed by atoms with Crippen LogP contribution in [0.5, 0.6) is 5.75 Å². The second-order valence-corrected chi connectivity index (χ2v) is 4.54. The van der Waals surface area contributed by atoms with Crippen LogP contribution in [0.2, 0.25) is 0 Å². The Balaban J connectivity index is 2.03. The molecule has 0 saturated heterocycles. The third kappa shape index (κ3) is 2.35. The summed E-state index contributed by atoms with van der Waals surface area (Å²) in [5.41, 5.74) is 9.30. The van der Waals surface area contributed by atoms with Crippen molar-refractivity contribution in [2.45, 2.75) is 6.42 Å². The molecule has 0 spiro atoms. The van der Waals surface area contributed by atoms with E-state index in [4.69, 9.17) is 10.5 Å². The molecule has 2 heterocycles. The van der Waals surface area contributed by atoms with E-state index in [-0.39, 0.29) is 0 Å². The predicted octanol–water partition coefficient (Wildman–Crippen LogP) is 1.91. The van der Waals surface area contributed by atoms with Crippen LogP contribution in [0, 0.1) is 0 Å². The number of imidazole rings is 1. The monoisotopic (exact) mass is 268 g/mol. The zero-order valence-electron chi connectivity index (χ0n) is 11.3. The van der Waals surface area contributed by atoms with Gasteiger partial charge in [-0.1, -0.05) is 12.1 Å². The number of nitrogens with two attached hydrogens (primary N) is 1. The van der Waals surface area contributed by atoms with E-state index < -0.39 is 0 Å². The molecule has 0 amide bonds. The molecule has 20 heavy (non-hydrogen) atoms. The van der Waals surface area contributed by atoms with E-state index in [0.717, 1.165) is 34.8 Å². The number of benzene rings is 1. The predicted molar refractivity (Wildman–Crippen MR) is 77.7 cm³/mol. The van der Waals surface area contributed by atoms with E-state index in [9.17, 15) is 0 Å². The molecule has 2 aromatic heterocycles. The minimum atomic E-state index is 0.597. The Morgan fingerprint density at radius 1 is 1.30 bits per heavy atom. The van der Waals surface area contributed by atoms with Gasteiger partial charge in [-0.3, -0.25) is 4.40 Å². The number of methoxy groups -OCH3 is 1. The van der Waals surface area contributed by atoms with Crippen molar-refractivity contribution in [3.63, 3.8) is 0 Å². The van der Waals surface area contributed by atoms with Crippen LogP contribution in [-0.4, -0.2) is 28.0 Å². The van der Waals surface area contributed by atoms with Gasteiger partial charge in [0.1, 0.15) is 17.7 Å². The molecule has 0 aliphatic carbocycles. The summed E-state index contributed by atoms with van der Waals surface area (Å²) in [6.07, 6.45) is 4.51. The Morgan fingerprint density at radius 3 is 3.00 bits per heavy atom. The highest BCUT2D eigenvalue weighted by atomic mass is 16.5. The number of rotatable bonds is 4. The maximum atomic E-state index is 5.56. The van der Waals surface area contributed by atoms with Crippen molar-refractivity contribution >= 4 is 5.65 Å². The lowest BCUT2D eigenvalue weighted by Crippen LogP contribution is -2.02. The number of fused-ring (bicyclic) bond motifs is 1. The van der Waals surface area contributed by atoms with Gasteiger partial charge in [-0.15, -0.1) is 0 Å². The van der Waals surface area contributed by atoms with Crippen LogP contribution in [0.25, 0.3) is 16.9 Å². The second kappa shape index (κ2) is 5.30. The summed E-state index contributed by atoms with van der Waals surface area (Å²) >= 11 is 0. The van der Waals surface area contributed by atoms with Crippen molar-refractivity contribution in [1.82, 2.24) is 14.4 Å². The number of aromatic nitrogens is 3. The van der Waals surface area contributed by atoms with Crippen molar-refractivity contribution in [3.05, 3.63) is 48.5 Å². The van der Waals surface area contributed by atoms with E-state index in [1.165, 1.54) is 0 Å². The van der Waals surface area contributed by atoms with E-state index in [0.29, 0.717) is 6.54 Å². The first-order chi connectivity index (χ1) is 9.80. The fourth-order valence-corrected chi connectivity index (χ4v) is 2.15. The van der Waals surface area contributed by atoms with Gasteiger partial charge < -0.3 is 10.5 Å². The standard InChI is InChI=1S/C15H16N4O/c1-20-13-4-2-3-11(7-13)14-8-15-18-12(5-6-16)9-19(15)10-17-14/h2-4,7-10H,5-6,16H2,1H3. The van der Waals surface area contributed by atoms with Crippen LogP contribution in [0.1, 0.15) is 5.69 Å². The van der Waals surface area contributed by atoms with Crippen LogP contribution in [0.3, 0.4) is 0 Å². The van der Waals surface area contributed by atoms with Gasteiger partial charge in [0.15, 0.2) is 0 Å². The summed E-state index contributed by atoms with van der Waals surface area (Å²) in [4.78, 5) is 9.01. The molecule has 1 aromatic carbocycles. The molecule has 0 saturated carbocycles. The van der Waals surface area contributed by atoms with Gasteiger partial charge in [0.05, 0.1) is 18.5 Å². The lowest BCUT2D eigenvalue weighted by atomic mass is 10.1. The summed E-state index contributed by atoms with van der Waals surface area (Å²) in [5, 5.41) is 0. The lowest BCUT2D eigenvalue weighted by molar-refractivity contribution is 0.415. The Bertz CT molecular complexity index is 736. The molecule has 0 atom stereocenters. The highest BCUT2D eigenvalue weighted by molar-refractivity contribution is 5.64. The molecule has 3 rings (SSSR count). The average molecular weight is 268 g/mol. The minimum absolute atomic E-state index is 0.597. The average Bonchev–Trinajstić information content (AvgIpc) is 2.89. The highest BCUT2D eigenvalue weighted by Crippen LogP contribution is 2.22. The summed E-state index contributed by atoms with van der Waals surface area (Å²) in [7, 11) is 1.66. The first kappa shape index (κ1) is 12.6. The third-order valence-corrected chi connectivity index (χ3v) is 3.16. The quantitative estimate of drug-likeness (QED) is 0.785. The molecule has 3 aromatic rings. The number of nitrogens with zero attached hydrogens (tertiary/aromatic N) is 3. The smallest absolute Gasteiger partial charge is 0.140 e. The van der Waals surface area contributed by atoms with Gasteiger partial charge in [-0.2, -0.15) is 0 Å². The Hall–Kier alpha value is -2.40. The van der Waals surface area contributed by atoms with Crippen molar-refractivity contribution in [3.8, 4) is 17.0 Å². The number of hydrogen-bond acceptors (Lipinski definition) is 4. The van der Waals surface area contributed by atoms with Crippen molar-refractivity contribution in [2.24, 2.45) is 5.73 Å². The summed E-state index contributed by atoms with van der Waals surface area (Å²) in [5.74, 6) is 0.816. The molecule has 102 valence electrons. The van der Waals surface area contributed by atoms with Crippen LogP contribution >= 0.6 is 0 Å². The molecule has 0 radical (unpaired) electrons. The summed E-state index contributed by atoms with van der Waals surface area (Å²) in [6, 6.07) is 9.80. The van der Waals surface area contributed by atoms with Crippen molar-refractivity contribution < 1.29 is 4.74 Å². The van der Waals surface area contributed by atoms with Gasteiger partial charge in [0.2, 0.25) is 0 Å². The van der Waals surface area contributed by atoms with Gasteiger partial charge in [0.25, 0.3) is 0 Å². The Labute approximate surface area is 117 Å². The van der Waals surface area contributed by atoms with E-state index in [1.54, 1.807) is 13.4 Å². The van der Waals surface area contributed by atoms with Crippen molar-refractivity contribution in [1.29, 1.82) is 0 Å². The molecule has 5 nitrogen and oxygen atoms in total. The fourth-order valence-electron chi connectivity index (χ4n) is 2.15. The second-order valence-electron chi connectivity index (χ2n) is 4.54. The molecular formula is C15H16N4O. The van der Waals surface area contributed by atoms with Crippen molar-refractivity contribution in [2.75, 3.05) is 13.7 Å². The Kier molecular flexibility index (Phi) is 3.35. The van der Waals surface area contributed by atoms with Crippen LogP contribution in [0.4, 0.5) is 0 Å². The normalized spacial score (nSPS) is 10.9. The molecule has 5 heteroatoms. The Morgan fingerprint density at radius 2 is 2.20 bits per heavy atom. The first-order valence-electron chi connectivity index (χ1n) is 6.48. The van der Waals surface area contributed by atoms with Gasteiger partial charge >= 0.3 is 0 Å². The molecule has 0 aliphatic heterocycles.